The minimum absolute atomic E-state index is 0.312. The molecule has 0 atom stereocenters. The van der Waals surface area contributed by atoms with Crippen molar-refractivity contribution >= 4 is 0 Å². The third-order valence-corrected chi connectivity index (χ3v) is 2.10. The highest BCUT2D eigenvalue weighted by molar-refractivity contribution is 5.64. The number of ether oxygens (including phenoxy) is 1. The topological polar surface area (TPSA) is 22.1 Å². The third-order valence-electron chi connectivity index (χ3n) is 2.10. The van der Waals surface area contributed by atoms with Gasteiger partial charge in [-0.05, 0) is 23.8 Å². The summed E-state index contributed by atoms with van der Waals surface area (Å²) in [5, 5.41) is 0. The van der Waals surface area contributed by atoms with Crippen LogP contribution >= 0.6 is 0 Å². The Morgan fingerprint density at radius 1 is 1.20 bits per heavy atom. The van der Waals surface area contributed by atoms with Crippen LogP contribution in [0.15, 0.2) is 42.7 Å². The van der Waals surface area contributed by atoms with Gasteiger partial charge in [0.2, 0.25) is 0 Å². The maximum absolute atomic E-state index is 13.2. The average Bonchev–Trinajstić information content (AvgIpc) is 2.29. The fourth-order valence-electron chi connectivity index (χ4n) is 1.38. The van der Waals surface area contributed by atoms with E-state index in [-0.39, 0.29) is 5.82 Å². The predicted octanol–water partition coefficient (Wildman–Crippen LogP) is 2.90. The molecule has 1 aromatic heterocycles. The Bertz CT molecular complexity index is 456. The van der Waals surface area contributed by atoms with E-state index in [2.05, 4.69) is 4.98 Å². The molecule has 1 aromatic carbocycles. The number of pyridine rings is 1. The highest BCUT2D eigenvalue weighted by Crippen LogP contribution is 2.24. The van der Waals surface area contributed by atoms with Crippen molar-refractivity contribution in [2.24, 2.45) is 0 Å². The zero-order valence-corrected chi connectivity index (χ0v) is 8.27. The maximum Gasteiger partial charge on any atom is 0.127 e. The van der Waals surface area contributed by atoms with Crippen molar-refractivity contribution in [3.05, 3.63) is 48.5 Å². The Morgan fingerprint density at radius 3 is 2.73 bits per heavy atom. The van der Waals surface area contributed by atoms with E-state index >= 15 is 0 Å². The molecule has 2 aromatic rings. The van der Waals surface area contributed by atoms with Gasteiger partial charge in [0.25, 0.3) is 0 Å². The summed E-state index contributed by atoms with van der Waals surface area (Å²) in [4.78, 5) is 3.98. The van der Waals surface area contributed by atoms with Crippen LogP contribution in [-0.4, -0.2) is 12.1 Å². The number of rotatable bonds is 2. The summed E-state index contributed by atoms with van der Waals surface area (Å²) < 4.78 is 18.2. The zero-order valence-electron chi connectivity index (χ0n) is 8.27. The molecule has 0 spiro atoms. The zero-order chi connectivity index (χ0) is 10.7. The van der Waals surface area contributed by atoms with Gasteiger partial charge in [0.05, 0.1) is 7.11 Å². The molecule has 76 valence electrons. The lowest BCUT2D eigenvalue weighted by Crippen LogP contribution is -1.87. The van der Waals surface area contributed by atoms with E-state index in [0.717, 1.165) is 11.1 Å². The molecule has 0 aliphatic heterocycles. The Hall–Kier alpha value is -1.90. The van der Waals surface area contributed by atoms with Crippen molar-refractivity contribution in [2.45, 2.75) is 0 Å². The molecule has 0 aliphatic carbocycles. The molecule has 0 amide bonds. The second kappa shape index (κ2) is 4.09. The largest absolute Gasteiger partial charge is 0.497 e. The number of hydrogen-bond acceptors (Lipinski definition) is 2. The van der Waals surface area contributed by atoms with Crippen molar-refractivity contribution < 1.29 is 9.13 Å². The first-order valence-electron chi connectivity index (χ1n) is 4.54. The number of nitrogens with zero attached hydrogens (tertiary/aromatic N) is 1. The molecule has 2 rings (SSSR count). The SMILES string of the molecule is COc1cc(F)cc(-c2cccnc2)c1. The Labute approximate surface area is 87.4 Å². The molecule has 0 radical (unpaired) electrons. The van der Waals surface area contributed by atoms with Crippen LogP contribution in [0.3, 0.4) is 0 Å². The molecule has 15 heavy (non-hydrogen) atoms. The molecule has 0 unspecified atom stereocenters. The van der Waals surface area contributed by atoms with E-state index in [9.17, 15) is 4.39 Å². The fraction of sp³-hybridized carbons (Fsp3) is 0.0833. The quantitative estimate of drug-likeness (QED) is 0.748. The van der Waals surface area contributed by atoms with Gasteiger partial charge in [-0.3, -0.25) is 4.98 Å². The van der Waals surface area contributed by atoms with Crippen LogP contribution < -0.4 is 4.74 Å². The Morgan fingerprint density at radius 2 is 2.07 bits per heavy atom. The summed E-state index contributed by atoms with van der Waals surface area (Å²) in [5.74, 6) is 0.196. The van der Waals surface area contributed by atoms with Gasteiger partial charge >= 0.3 is 0 Å². The highest BCUT2D eigenvalue weighted by Gasteiger charge is 2.02. The minimum atomic E-state index is -0.312. The number of halogens is 1. The van der Waals surface area contributed by atoms with Crippen LogP contribution in [0.1, 0.15) is 0 Å². The van der Waals surface area contributed by atoms with Gasteiger partial charge in [-0.25, -0.2) is 4.39 Å². The normalized spacial score (nSPS) is 10.0. The van der Waals surface area contributed by atoms with Gasteiger partial charge in [-0.1, -0.05) is 6.07 Å². The number of hydrogen-bond donors (Lipinski definition) is 0. The van der Waals surface area contributed by atoms with Crippen molar-refractivity contribution in [1.82, 2.24) is 4.98 Å². The molecule has 1 heterocycles. The fourth-order valence-corrected chi connectivity index (χ4v) is 1.38. The smallest absolute Gasteiger partial charge is 0.127 e. The Balaban J connectivity index is 2.49. The highest BCUT2D eigenvalue weighted by atomic mass is 19.1. The first kappa shape index (κ1) is 9.65. The predicted molar refractivity (Wildman–Crippen MR) is 56.2 cm³/mol. The van der Waals surface area contributed by atoms with Crippen molar-refractivity contribution in [3.63, 3.8) is 0 Å². The summed E-state index contributed by atoms with van der Waals surface area (Å²) >= 11 is 0. The van der Waals surface area contributed by atoms with Crippen molar-refractivity contribution in [3.8, 4) is 16.9 Å². The lowest BCUT2D eigenvalue weighted by atomic mass is 10.1. The average molecular weight is 203 g/mol. The van der Waals surface area contributed by atoms with E-state index < -0.39 is 0 Å². The molecule has 0 fully saturated rings. The molecular formula is C12H10FNO. The van der Waals surface area contributed by atoms with E-state index in [1.54, 1.807) is 18.5 Å². The van der Waals surface area contributed by atoms with Crippen molar-refractivity contribution in [2.75, 3.05) is 7.11 Å². The molecule has 0 saturated carbocycles. The second-order valence-electron chi connectivity index (χ2n) is 3.12. The molecule has 3 heteroatoms. The number of aromatic nitrogens is 1. The lowest BCUT2D eigenvalue weighted by Gasteiger charge is -2.04. The maximum atomic E-state index is 13.2. The van der Waals surface area contributed by atoms with Gasteiger partial charge < -0.3 is 4.74 Å². The monoisotopic (exact) mass is 203 g/mol. The molecule has 0 N–H and O–H groups in total. The second-order valence-corrected chi connectivity index (χ2v) is 3.12. The van der Waals surface area contributed by atoms with Gasteiger partial charge in [0.1, 0.15) is 11.6 Å². The Kier molecular flexibility index (Phi) is 2.63. The van der Waals surface area contributed by atoms with Crippen LogP contribution in [0.4, 0.5) is 4.39 Å². The summed E-state index contributed by atoms with van der Waals surface area (Å²) in [6.45, 7) is 0. The van der Waals surface area contributed by atoms with Gasteiger partial charge in [0, 0.05) is 24.0 Å². The summed E-state index contributed by atoms with van der Waals surface area (Å²) in [7, 11) is 1.52. The van der Waals surface area contributed by atoms with Gasteiger partial charge in [0.15, 0.2) is 0 Å². The lowest BCUT2D eigenvalue weighted by molar-refractivity contribution is 0.411. The molecule has 0 bridgehead atoms. The van der Waals surface area contributed by atoms with Crippen LogP contribution in [0.5, 0.6) is 5.75 Å². The van der Waals surface area contributed by atoms with Crippen molar-refractivity contribution in [1.29, 1.82) is 0 Å². The van der Waals surface area contributed by atoms with Gasteiger partial charge in [-0.2, -0.15) is 0 Å². The third kappa shape index (κ3) is 2.13. The first-order valence-corrected chi connectivity index (χ1v) is 4.54. The van der Waals surface area contributed by atoms with Crippen LogP contribution in [0.25, 0.3) is 11.1 Å². The summed E-state index contributed by atoms with van der Waals surface area (Å²) in [6.07, 6.45) is 3.37. The number of methoxy groups -OCH3 is 1. The molecular weight excluding hydrogens is 193 g/mol. The number of benzene rings is 1. The molecule has 0 saturated heterocycles. The van der Waals surface area contributed by atoms with E-state index in [4.69, 9.17) is 4.74 Å². The summed E-state index contributed by atoms with van der Waals surface area (Å²) in [5.41, 5.74) is 1.63. The van der Waals surface area contributed by atoms with E-state index in [1.165, 1.54) is 19.2 Å². The standard InChI is InChI=1S/C12H10FNO/c1-15-12-6-10(5-11(13)7-12)9-3-2-4-14-8-9/h2-8H,1H3. The summed E-state index contributed by atoms with van der Waals surface area (Å²) in [6, 6.07) is 8.27. The first-order chi connectivity index (χ1) is 7.29. The molecule has 2 nitrogen and oxygen atoms in total. The van der Waals surface area contributed by atoms with E-state index in [0.29, 0.717) is 5.75 Å². The van der Waals surface area contributed by atoms with Gasteiger partial charge in [-0.15, -0.1) is 0 Å². The molecule has 0 aliphatic rings. The van der Waals surface area contributed by atoms with Crippen LogP contribution in [0.2, 0.25) is 0 Å². The van der Waals surface area contributed by atoms with Crippen LogP contribution in [0, 0.1) is 5.82 Å². The minimum Gasteiger partial charge on any atom is -0.497 e. The van der Waals surface area contributed by atoms with Crippen LogP contribution in [-0.2, 0) is 0 Å². The van der Waals surface area contributed by atoms with E-state index in [1.807, 2.05) is 12.1 Å².